The first-order valence-corrected chi connectivity index (χ1v) is 13.2. The molecule has 1 heteroatoms. The summed E-state index contributed by atoms with van der Waals surface area (Å²) >= 11 is 0. The molecule has 0 spiro atoms. The third-order valence-corrected chi connectivity index (χ3v) is 7.57. The van der Waals surface area contributed by atoms with E-state index >= 15 is 0 Å². The van der Waals surface area contributed by atoms with Crippen molar-refractivity contribution in [1.82, 2.24) is 4.90 Å². The van der Waals surface area contributed by atoms with E-state index in [0.717, 1.165) is 19.4 Å². The highest BCUT2D eigenvalue weighted by Crippen LogP contribution is 2.33. The Morgan fingerprint density at radius 1 is 0.706 bits per heavy atom. The number of nitrogens with zero attached hydrogens (tertiary/aromatic N) is 1. The van der Waals surface area contributed by atoms with Gasteiger partial charge in [0.2, 0.25) is 0 Å². The monoisotopic (exact) mass is 447 g/mol. The van der Waals surface area contributed by atoms with Crippen molar-refractivity contribution in [2.75, 3.05) is 0 Å². The van der Waals surface area contributed by atoms with E-state index in [1.165, 1.54) is 54.5 Å². The van der Waals surface area contributed by atoms with Gasteiger partial charge in [0.1, 0.15) is 0 Å². The molecule has 3 aliphatic carbocycles. The molecule has 0 heterocycles. The summed E-state index contributed by atoms with van der Waals surface area (Å²) in [5.74, 6) is 1.37. The summed E-state index contributed by atoms with van der Waals surface area (Å²) < 4.78 is 0. The first-order valence-electron chi connectivity index (χ1n) is 13.2. The van der Waals surface area contributed by atoms with Gasteiger partial charge in [-0.05, 0) is 73.1 Å². The Bertz CT molecular complexity index is 1070. The molecule has 5 rings (SSSR count). The van der Waals surface area contributed by atoms with Gasteiger partial charge in [0.15, 0.2) is 0 Å². The highest BCUT2D eigenvalue weighted by Gasteiger charge is 2.23. The Balaban J connectivity index is 1.36. The van der Waals surface area contributed by atoms with E-state index in [2.05, 4.69) is 114 Å². The smallest absolute Gasteiger partial charge is 0.0514 e. The summed E-state index contributed by atoms with van der Waals surface area (Å²) in [6, 6.07) is 22.1. The molecule has 0 aromatic heterocycles. The average Bonchev–Trinajstić information content (AvgIpc) is 3.32. The van der Waals surface area contributed by atoms with Crippen molar-refractivity contribution >= 4 is 5.57 Å². The van der Waals surface area contributed by atoms with E-state index in [-0.39, 0.29) is 0 Å². The molecular weight excluding hydrogens is 410 g/mol. The van der Waals surface area contributed by atoms with Crippen molar-refractivity contribution in [2.45, 2.75) is 57.5 Å². The van der Waals surface area contributed by atoms with Gasteiger partial charge in [-0.3, -0.25) is 0 Å². The number of rotatable bonds is 6. The van der Waals surface area contributed by atoms with Crippen LogP contribution in [0.25, 0.3) is 5.57 Å². The molecule has 2 aromatic rings. The molecule has 0 fully saturated rings. The summed E-state index contributed by atoms with van der Waals surface area (Å²) in [5.41, 5.74) is 5.40. The molecule has 0 aliphatic heterocycles. The molecule has 2 aromatic carbocycles. The van der Waals surface area contributed by atoms with Crippen LogP contribution in [0, 0.1) is 11.8 Å². The molecule has 3 aliphatic rings. The molecule has 3 atom stereocenters. The second-order valence-corrected chi connectivity index (χ2v) is 9.91. The van der Waals surface area contributed by atoms with Crippen LogP contribution in [0.4, 0.5) is 0 Å². The van der Waals surface area contributed by atoms with Crippen molar-refractivity contribution in [3.63, 3.8) is 0 Å². The van der Waals surface area contributed by atoms with Crippen LogP contribution in [0.15, 0.2) is 115 Å². The highest BCUT2D eigenvalue weighted by molar-refractivity contribution is 5.75. The van der Waals surface area contributed by atoms with Crippen LogP contribution in [-0.2, 0) is 6.54 Å². The Hall–Kier alpha value is -3.06. The maximum atomic E-state index is 2.62. The minimum atomic E-state index is 0.373. The number of allylic oxidation sites excluding steroid dienone is 7. The molecule has 0 saturated heterocycles. The van der Waals surface area contributed by atoms with Crippen LogP contribution in [-0.4, -0.2) is 10.9 Å². The zero-order valence-electron chi connectivity index (χ0n) is 20.2. The second-order valence-electron chi connectivity index (χ2n) is 9.91. The van der Waals surface area contributed by atoms with Gasteiger partial charge in [0.25, 0.3) is 0 Å². The first-order chi connectivity index (χ1) is 16.9. The summed E-state index contributed by atoms with van der Waals surface area (Å²) in [4.78, 5) is 2.62. The molecule has 0 saturated carbocycles. The van der Waals surface area contributed by atoms with Crippen LogP contribution in [0.1, 0.15) is 56.1 Å². The molecule has 0 radical (unpaired) electrons. The lowest BCUT2D eigenvalue weighted by Crippen LogP contribution is -2.33. The highest BCUT2D eigenvalue weighted by atomic mass is 15.2. The fraction of sp³-hybridized carbons (Fsp3) is 0.333. The zero-order valence-corrected chi connectivity index (χ0v) is 20.2. The van der Waals surface area contributed by atoms with Gasteiger partial charge in [-0.25, -0.2) is 0 Å². The lowest BCUT2D eigenvalue weighted by atomic mass is 9.85. The van der Waals surface area contributed by atoms with Crippen LogP contribution >= 0.6 is 0 Å². The molecule has 174 valence electrons. The molecule has 0 bridgehead atoms. The third-order valence-electron chi connectivity index (χ3n) is 7.57. The average molecular weight is 448 g/mol. The van der Waals surface area contributed by atoms with Crippen molar-refractivity contribution in [2.24, 2.45) is 11.8 Å². The van der Waals surface area contributed by atoms with E-state index in [1.807, 2.05) is 0 Å². The predicted octanol–water partition coefficient (Wildman–Crippen LogP) is 8.50. The van der Waals surface area contributed by atoms with E-state index in [9.17, 15) is 0 Å². The van der Waals surface area contributed by atoms with Crippen molar-refractivity contribution < 1.29 is 0 Å². The second kappa shape index (κ2) is 11.4. The lowest BCUT2D eigenvalue weighted by Gasteiger charge is -2.34. The van der Waals surface area contributed by atoms with E-state index < -0.39 is 0 Å². The fourth-order valence-corrected chi connectivity index (χ4v) is 5.61. The maximum Gasteiger partial charge on any atom is 0.0514 e. The molecule has 34 heavy (non-hydrogen) atoms. The molecule has 1 nitrogen and oxygen atoms in total. The first kappa shape index (κ1) is 22.7. The van der Waals surface area contributed by atoms with Crippen molar-refractivity contribution in [3.05, 3.63) is 126 Å². The predicted molar refractivity (Wildman–Crippen MR) is 145 cm³/mol. The summed E-state index contributed by atoms with van der Waals surface area (Å²) in [6.07, 6.45) is 28.3. The van der Waals surface area contributed by atoms with Crippen LogP contribution in [0.3, 0.4) is 0 Å². The largest absolute Gasteiger partial charge is 0.361 e. The van der Waals surface area contributed by atoms with Crippen LogP contribution < -0.4 is 0 Å². The van der Waals surface area contributed by atoms with Gasteiger partial charge in [0, 0.05) is 12.2 Å². The Morgan fingerprint density at radius 2 is 1.50 bits per heavy atom. The summed E-state index contributed by atoms with van der Waals surface area (Å²) in [7, 11) is 0. The minimum Gasteiger partial charge on any atom is -0.361 e. The topological polar surface area (TPSA) is 3.24 Å². The zero-order chi connectivity index (χ0) is 23.0. The van der Waals surface area contributed by atoms with Gasteiger partial charge in [0.05, 0.1) is 6.04 Å². The third kappa shape index (κ3) is 5.70. The van der Waals surface area contributed by atoms with Gasteiger partial charge < -0.3 is 4.90 Å². The number of hydrogen-bond acceptors (Lipinski definition) is 1. The normalized spacial score (nSPS) is 24.6. The molecule has 0 N–H and O–H groups in total. The van der Waals surface area contributed by atoms with Gasteiger partial charge in [-0.1, -0.05) is 110 Å². The van der Waals surface area contributed by atoms with Gasteiger partial charge in [-0.2, -0.15) is 0 Å². The SMILES string of the molecule is C1=CC(C2C=CC(N(Cc3ccccc3)C3C=CC(c4ccccc4)=CC3)=CCC2)CCCC1. The van der Waals surface area contributed by atoms with Gasteiger partial charge in [-0.15, -0.1) is 0 Å². The van der Waals surface area contributed by atoms with Crippen molar-refractivity contribution in [3.8, 4) is 0 Å². The molecule has 3 unspecified atom stereocenters. The Morgan fingerprint density at radius 3 is 2.29 bits per heavy atom. The van der Waals surface area contributed by atoms with Gasteiger partial charge >= 0.3 is 0 Å². The number of benzene rings is 2. The Kier molecular flexibility index (Phi) is 7.60. The van der Waals surface area contributed by atoms with E-state index in [4.69, 9.17) is 0 Å². The lowest BCUT2D eigenvalue weighted by molar-refractivity contribution is 0.292. The number of hydrogen-bond donors (Lipinski definition) is 0. The van der Waals surface area contributed by atoms with E-state index in [0.29, 0.717) is 17.9 Å². The standard InChI is InChI=1S/C33H37N/c1-2-8-15-28(14-7-1)30-18-11-19-32(23-20-30)34(26-27-12-5-3-6-13-27)33-24-21-31(22-25-33)29-16-9-4-10-17-29/h3-7,9-10,12-14,16-17,19-24,28,30,33H,1-2,8,11,15,18,25-26H2. The molecular formula is C33H37N. The fourth-order valence-electron chi connectivity index (χ4n) is 5.61. The van der Waals surface area contributed by atoms with E-state index in [1.54, 1.807) is 0 Å². The van der Waals surface area contributed by atoms with Crippen LogP contribution in [0.5, 0.6) is 0 Å². The Labute approximate surface area is 205 Å². The van der Waals surface area contributed by atoms with Crippen molar-refractivity contribution in [1.29, 1.82) is 0 Å². The summed E-state index contributed by atoms with van der Waals surface area (Å²) in [5, 5.41) is 0. The van der Waals surface area contributed by atoms with Crippen LogP contribution in [0.2, 0.25) is 0 Å². The minimum absolute atomic E-state index is 0.373. The maximum absolute atomic E-state index is 2.62. The molecule has 0 amide bonds. The summed E-state index contributed by atoms with van der Waals surface area (Å²) in [6.45, 7) is 0.939. The quantitative estimate of drug-likeness (QED) is 0.401.